The van der Waals surface area contributed by atoms with Crippen molar-refractivity contribution in [2.24, 2.45) is 0 Å². The zero-order chi connectivity index (χ0) is 24.7. The van der Waals surface area contributed by atoms with Crippen LogP contribution in [0.2, 0.25) is 0 Å². The second-order valence-electron chi connectivity index (χ2n) is 8.84. The van der Waals surface area contributed by atoms with Gasteiger partial charge in [0.05, 0.1) is 5.69 Å². The van der Waals surface area contributed by atoms with Crippen molar-refractivity contribution in [3.8, 4) is 5.75 Å². The number of carbonyl (C=O) groups is 1. The number of unbranched alkanes of at least 4 members (excludes halogenated alkanes) is 1. The van der Waals surface area contributed by atoms with Crippen molar-refractivity contribution in [1.29, 1.82) is 0 Å². The Morgan fingerprint density at radius 3 is 2.20 bits per heavy atom. The predicted octanol–water partition coefficient (Wildman–Crippen LogP) is 6.29. The quantitative estimate of drug-likeness (QED) is 0.270. The van der Waals surface area contributed by atoms with Crippen LogP contribution in [0, 0.1) is 0 Å². The highest BCUT2D eigenvalue weighted by molar-refractivity contribution is 5.90. The van der Waals surface area contributed by atoms with Crippen LogP contribution in [0.4, 0.5) is 10.5 Å². The van der Waals surface area contributed by atoms with Gasteiger partial charge in [0.25, 0.3) is 0 Å². The van der Waals surface area contributed by atoms with Gasteiger partial charge in [-0.25, -0.2) is 4.79 Å². The van der Waals surface area contributed by atoms with E-state index in [0.29, 0.717) is 18.0 Å². The molecule has 0 aliphatic carbocycles. The number of rotatable bonds is 14. The Morgan fingerprint density at radius 1 is 0.800 bits per heavy atom. The van der Waals surface area contributed by atoms with E-state index in [1.807, 2.05) is 42.5 Å². The summed E-state index contributed by atoms with van der Waals surface area (Å²) in [7, 11) is 1.62. The van der Waals surface area contributed by atoms with Gasteiger partial charge in [0, 0.05) is 13.6 Å². The predicted molar refractivity (Wildman–Crippen MR) is 145 cm³/mol. The Morgan fingerprint density at radius 2 is 1.51 bits per heavy atom. The Bertz CT molecular complexity index is 1010. The third-order valence-corrected chi connectivity index (χ3v) is 6.05. The molecule has 2 N–H and O–H groups in total. The fourth-order valence-electron chi connectivity index (χ4n) is 4.12. The highest BCUT2D eigenvalue weighted by atomic mass is 16.5. The molecule has 0 aliphatic rings. The van der Waals surface area contributed by atoms with E-state index >= 15 is 0 Å². The number of hydrogen-bond donors (Lipinski definition) is 2. The van der Waals surface area contributed by atoms with Gasteiger partial charge in [0.1, 0.15) is 12.4 Å². The Hall–Kier alpha value is -3.31. The summed E-state index contributed by atoms with van der Waals surface area (Å²) in [6.07, 6.45) is 5.62. The molecule has 5 heteroatoms. The number of anilines is 1. The lowest BCUT2D eigenvalue weighted by Gasteiger charge is -2.22. The van der Waals surface area contributed by atoms with Gasteiger partial charge in [-0.1, -0.05) is 73.7 Å². The van der Waals surface area contributed by atoms with Crippen molar-refractivity contribution < 1.29 is 9.53 Å². The normalized spacial score (nSPS) is 10.8. The molecule has 0 bridgehead atoms. The smallest absolute Gasteiger partial charge is 0.319 e. The van der Waals surface area contributed by atoms with E-state index in [2.05, 4.69) is 58.9 Å². The zero-order valence-electron chi connectivity index (χ0n) is 21.1. The standard InChI is InChI=1S/C30H39N3O2/c1-3-20-33(21-11-10-14-25-12-6-4-7-13-25)22-19-26-17-18-29(28(23-26)32-30(34)31-2)35-24-27-15-8-5-9-16-27/h4-9,12-13,15-18,23H,3,10-11,14,19-22,24H2,1-2H3,(H2,31,32,34). The van der Waals surface area contributed by atoms with Gasteiger partial charge in [-0.05, 0) is 74.0 Å². The summed E-state index contributed by atoms with van der Waals surface area (Å²) in [6.45, 7) is 5.91. The second kappa shape index (κ2) is 14.8. The lowest BCUT2D eigenvalue weighted by Crippen LogP contribution is -2.28. The third-order valence-electron chi connectivity index (χ3n) is 6.05. The molecule has 0 atom stereocenters. The van der Waals surface area contributed by atoms with E-state index < -0.39 is 0 Å². The number of nitrogens with one attached hydrogen (secondary N) is 2. The maximum absolute atomic E-state index is 12.0. The van der Waals surface area contributed by atoms with Gasteiger partial charge in [-0.2, -0.15) is 0 Å². The maximum atomic E-state index is 12.0. The average Bonchev–Trinajstić information content (AvgIpc) is 2.90. The topological polar surface area (TPSA) is 53.6 Å². The molecule has 186 valence electrons. The summed E-state index contributed by atoms with van der Waals surface area (Å²) in [5.41, 5.74) is 4.39. The molecule has 0 aliphatic heterocycles. The lowest BCUT2D eigenvalue weighted by atomic mass is 10.1. The molecule has 5 nitrogen and oxygen atoms in total. The highest BCUT2D eigenvalue weighted by Gasteiger charge is 2.11. The molecule has 0 saturated heterocycles. The summed E-state index contributed by atoms with van der Waals surface area (Å²) in [5.74, 6) is 0.674. The first kappa shape index (κ1) is 26.3. The van der Waals surface area contributed by atoms with Crippen LogP contribution in [-0.2, 0) is 19.4 Å². The van der Waals surface area contributed by atoms with Crippen LogP contribution in [0.15, 0.2) is 78.9 Å². The number of benzene rings is 3. The van der Waals surface area contributed by atoms with E-state index in [1.54, 1.807) is 7.05 Å². The number of urea groups is 1. The summed E-state index contributed by atoms with van der Waals surface area (Å²) in [5, 5.41) is 5.55. The largest absolute Gasteiger partial charge is 0.487 e. The number of carbonyl (C=O) groups excluding carboxylic acids is 1. The first-order chi connectivity index (χ1) is 17.2. The van der Waals surface area contributed by atoms with Gasteiger partial charge in [-0.15, -0.1) is 0 Å². The monoisotopic (exact) mass is 473 g/mol. The highest BCUT2D eigenvalue weighted by Crippen LogP contribution is 2.27. The van der Waals surface area contributed by atoms with Gasteiger partial charge < -0.3 is 20.3 Å². The number of hydrogen-bond acceptors (Lipinski definition) is 3. The van der Waals surface area contributed by atoms with Crippen molar-refractivity contribution in [2.45, 2.75) is 45.6 Å². The summed E-state index contributed by atoms with van der Waals surface area (Å²) in [6, 6.07) is 26.6. The molecule has 3 aromatic carbocycles. The number of aryl methyl sites for hydroxylation is 1. The van der Waals surface area contributed by atoms with Crippen LogP contribution in [0.25, 0.3) is 0 Å². The minimum atomic E-state index is -0.252. The van der Waals surface area contributed by atoms with E-state index in [9.17, 15) is 4.79 Å². The van der Waals surface area contributed by atoms with E-state index in [0.717, 1.165) is 44.5 Å². The second-order valence-corrected chi connectivity index (χ2v) is 8.84. The summed E-state index contributed by atoms with van der Waals surface area (Å²) in [4.78, 5) is 14.6. The number of nitrogens with zero attached hydrogens (tertiary/aromatic N) is 1. The van der Waals surface area contributed by atoms with Crippen molar-refractivity contribution in [1.82, 2.24) is 10.2 Å². The van der Waals surface area contributed by atoms with E-state index in [4.69, 9.17) is 4.74 Å². The zero-order valence-corrected chi connectivity index (χ0v) is 21.1. The minimum Gasteiger partial charge on any atom is -0.487 e. The SMILES string of the molecule is CCCN(CCCCc1ccccc1)CCc1ccc(OCc2ccccc2)c(NC(=O)NC)c1. The lowest BCUT2D eigenvalue weighted by molar-refractivity contribution is 0.253. The molecule has 0 spiro atoms. The van der Waals surface area contributed by atoms with Crippen LogP contribution in [0.1, 0.15) is 42.9 Å². The molecule has 0 heterocycles. The molecule has 3 aromatic rings. The van der Waals surface area contributed by atoms with Crippen LogP contribution in [0.5, 0.6) is 5.75 Å². The maximum Gasteiger partial charge on any atom is 0.319 e. The van der Waals surface area contributed by atoms with E-state index in [-0.39, 0.29) is 6.03 Å². The van der Waals surface area contributed by atoms with Crippen LogP contribution in [0.3, 0.4) is 0 Å². The molecule has 0 aromatic heterocycles. The molecule has 35 heavy (non-hydrogen) atoms. The van der Waals surface area contributed by atoms with E-state index in [1.165, 1.54) is 24.0 Å². The molecular weight excluding hydrogens is 434 g/mol. The molecule has 0 saturated carbocycles. The van der Waals surface area contributed by atoms with Gasteiger partial charge in [-0.3, -0.25) is 0 Å². The first-order valence-electron chi connectivity index (χ1n) is 12.7. The Labute approximate surface area is 210 Å². The summed E-state index contributed by atoms with van der Waals surface area (Å²) >= 11 is 0. The fourth-order valence-corrected chi connectivity index (χ4v) is 4.12. The number of ether oxygens (including phenoxy) is 1. The molecular formula is C30H39N3O2. The van der Waals surface area contributed by atoms with Gasteiger partial charge >= 0.3 is 6.03 Å². The first-order valence-corrected chi connectivity index (χ1v) is 12.7. The molecule has 2 amide bonds. The molecule has 0 unspecified atom stereocenters. The Kier molecular flexibility index (Phi) is 11.2. The molecule has 0 fully saturated rings. The Balaban J connectivity index is 1.55. The molecule has 3 rings (SSSR count). The van der Waals surface area contributed by atoms with Crippen molar-refractivity contribution in [3.63, 3.8) is 0 Å². The molecule has 0 radical (unpaired) electrons. The fraction of sp³-hybridized carbons (Fsp3) is 0.367. The van der Waals surface area contributed by atoms with Crippen molar-refractivity contribution >= 4 is 11.7 Å². The minimum absolute atomic E-state index is 0.252. The van der Waals surface area contributed by atoms with Gasteiger partial charge in [0.15, 0.2) is 0 Å². The third kappa shape index (κ3) is 9.45. The number of amides is 2. The van der Waals surface area contributed by atoms with Crippen LogP contribution in [-0.4, -0.2) is 37.6 Å². The van der Waals surface area contributed by atoms with Crippen LogP contribution < -0.4 is 15.4 Å². The van der Waals surface area contributed by atoms with Gasteiger partial charge in [0.2, 0.25) is 0 Å². The summed E-state index contributed by atoms with van der Waals surface area (Å²) < 4.78 is 6.04. The average molecular weight is 474 g/mol. The van der Waals surface area contributed by atoms with Crippen LogP contribution >= 0.6 is 0 Å². The van der Waals surface area contributed by atoms with Crippen molar-refractivity contribution in [2.75, 3.05) is 32.0 Å². The van der Waals surface area contributed by atoms with Crippen molar-refractivity contribution in [3.05, 3.63) is 95.6 Å².